The number of carbonyl (C=O) groups excluding carboxylic acids is 1. The fourth-order valence-electron chi connectivity index (χ4n) is 0.379. The van der Waals surface area contributed by atoms with Crippen molar-refractivity contribution in [2.75, 3.05) is 0 Å². The minimum Gasteiger partial charge on any atom is -0.214 e. The summed E-state index contributed by atoms with van der Waals surface area (Å²) in [5.41, 5.74) is 0. The summed E-state index contributed by atoms with van der Waals surface area (Å²) in [5.74, 6) is -5.33. The molecule has 0 N–H and O–H groups in total. The normalized spacial score (nSPS) is 8.68. The summed E-state index contributed by atoms with van der Waals surface area (Å²) in [6.45, 7) is 9.00. The van der Waals surface area contributed by atoms with Gasteiger partial charge < -0.3 is 4.79 Å². The molecule has 0 spiro atoms. The smallest absolute Gasteiger partial charge is 0.214 e. The summed E-state index contributed by atoms with van der Waals surface area (Å²) in [7, 11) is 0. The van der Waals surface area contributed by atoms with Crippen molar-refractivity contribution in [3.05, 3.63) is 43.6 Å². The van der Waals surface area contributed by atoms with Crippen molar-refractivity contribution in [2.24, 2.45) is 0 Å². The monoisotopic (exact) mass is 324 g/mol. The van der Waals surface area contributed by atoms with Crippen molar-refractivity contribution in [3.8, 4) is 0 Å². The van der Waals surface area contributed by atoms with Crippen LogP contribution in [0.25, 0.3) is 0 Å². The van der Waals surface area contributed by atoms with E-state index in [0.717, 1.165) is 0 Å². The summed E-state index contributed by atoms with van der Waals surface area (Å²) >= 11 is 0. The van der Waals surface area contributed by atoms with Crippen molar-refractivity contribution in [1.82, 2.24) is 0 Å². The minimum atomic E-state index is -5.81. The van der Waals surface area contributed by atoms with Gasteiger partial charge in [-0.2, -0.15) is 37.7 Å². The van der Waals surface area contributed by atoms with Crippen LogP contribution in [-0.2, 0) is 31.2 Å². The molecule has 0 unspecified atom stereocenters. The van der Waals surface area contributed by atoms with Crippen molar-refractivity contribution in [2.45, 2.75) is 12.1 Å². The van der Waals surface area contributed by atoms with Gasteiger partial charge in [0, 0.05) is 0 Å². The average molecular weight is 324 g/mol. The number of rotatable bonds is 1. The second kappa shape index (κ2) is 14.7. The zero-order valence-corrected chi connectivity index (χ0v) is 9.96. The zero-order chi connectivity index (χ0) is 15.2. The van der Waals surface area contributed by atoms with E-state index in [1.54, 1.807) is 0 Å². The summed E-state index contributed by atoms with van der Waals surface area (Å²) < 4.78 is 69.7. The molecule has 0 saturated carbocycles. The van der Waals surface area contributed by atoms with Gasteiger partial charge >= 0.3 is 45.9 Å². The molecular formula is C10H5F5FeO3+4. The summed E-state index contributed by atoms with van der Waals surface area (Å²) in [6.07, 6.45) is -6.24. The summed E-state index contributed by atoms with van der Waals surface area (Å²) in [4.78, 5) is 8.88. The maximum atomic E-state index is 11.1. The Bertz CT molecular complexity index is 307. The fraction of sp³-hybridized carbons (Fsp3) is 0.200. The molecule has 1 rings (SSSR count). The molecule has 9 heteroatoms. The molecule has 0 aliphatic carbocycles. The zero-order valence-electron chi connectivity index (χ0n) is 8.85. The molecule has 0 aromatic heterocycles. The standard InChI is InChI=1S/C5H5.C3F5O.2CO.Fe/c1-2-4-5-3-1;4-2(5,1-9)3(6,7)8;2*1-2;/h1-5H;;;;/q2*-1;;;+6. The Hall–Kier alpha value is -1.33. The molecular weight excluding hydrogens is 319 g/mol. The largest absolute Gasteiger partial charge is 6.00 e. The second-order valence-corrected chi connectivity index (χ2v) is 2.14. The first-order valence-electron chi connectivity index (χ1n) is 3.72. The van der Waals surface area contributed by atoms with E-state index in [0.29, 0.717) is 0 Å². The van der Waals surface area contributed by atoms with Crippen LogP contribution in [0.2, 0.25) is 0 Å². The van der Waals surface area contributed by atoms with Crippen molar-refractivity contribution >= 4 is 6.29 Å². The molecule has 0 amide bonds. The predicted molar refractivity (Wildman–Crippen MR) is 46.6 cm³/mol. The van der Waals surface area contributed by atoms with E-state index in [2.05, 4.69) is 13.3 Å². The molecule has 0 radical (unpaired) electrons. The maximum absolute atomic E-state index is 11.1. The molecule has 1 aromatic rings. The van der Waals surface area contributed by atoms with Crippen LogP contribution in [0.15, 0.2) is 30.3 Å². The molecule has 0 bridgehead atoms. The van der Waals surface area contributed by atoms with Crippen LogP contribution in [0.4, 0.5) is 22.0 Å². The molecule has 0 aliphatic heterocycles. The first-order chi connectivity index (χ1) is 8.31. The molecule has 0 saturated heterocycles. The van der Waals surface area contributed by atoms with E-state index >= 15 is 0 Å². The van der Waals surface area contributed by atoms with Gasteiger partial charge in [-0.1, -0.05) is 0 Å². The third kappa shape index (κ3) is 14.6. The summed E-state index contributed by atoms with van der Waals surface area (Å²) in [5, 5.41) is 0. The maximum Gasteiger partial charge on any atom is 6.00 e. The third-order valence-electron chi connectivity index (χ3n) is 1.04. The fourth-order valence-corrected chi connectivity index (χ4v) is 0.379. The van der Waals surface area contributed by atoms with Crippen LogP contribution >= 0.6 is 0 Å². The number of alkyl halides is 5. The Morgan fingerprint density at radius 2 is 1.26 bits per heavy atom. The Balaban J connectivity index is -0.0000000956. The molecule has 3 nitrogen and oxygen atoms in total. The van der Waals surface area contributed by atoms with Crippen LogP contribution in [0.3, 0.4) is 0 Å². The topological polar surface area (TPSA) is 56.9 Å². The Morgan fingerprint density at radius 3 is 1.32 bits per heavy atom. The van der Waals surface area contributed by atoms with Gasteiger partial charge in [0.2, 0.25) is 0 Å². The van der Waals surface area contributed by atoms with Gasteiger partial charge in [-0.05, 0) is 0 Å². The first kappa shape index (κ1) is 26.3. The minimum absolute atomic E-state index is 0. The van der Waals surface area contributed by atoms with Gasteiger partial charge in [0.25, 0.3) is 5.92 Å². The Kier molecular flexibility index (Phi) is 20.4. The quantitative estimate of drug-likeness (QED) is 0.339. The van der Waals surface area contributed by atoms with Gasteiger partial charge in [0.15, 0.2) is 0 Å². The molecule has 0 fully saturated rings. The van der Waals surface area contributed by atoms with Crippen LogP contribution < -0.4 is 0 Å². The van der Waals surface area contributed by atoms with Crippen molar-refractivity contribution in [3.63, 3.8) is 0 Å². The Morgan fingerprint density at radius 1 is 0.947 bits per heavy atom. The molecule has 19 heavy (non-hydrogen) atoms. The summed E-state index contributed by atoms with van der Waals surface area (Å²) in [6, 6.07) is 10.0. The molecule has 0 heterocycles. The van der Waals surface area contributed by atoms with Gasteiger partial charge in [-0.15, -0.1) is 0 Å². The van der Waals surface area contributed by atoms with E-state index in [-0.39, 0.29) is 17.1 Å². The number of halogens is 5. The molecule has 0 aliphatic rings. The predicted octanol–water partition coefficient (Wildman–Crippen LogP) is 2.62. The average Bonchev–Trinajstić information content (AvgIpc) is 2.91. The van der Waals surface area contributed by atoms with E-state index in [1.165, 1.54) is 0 Å². The number of hydrogen-bond acceptors (Lipinski definition) is 1. The van der Waals surface area contributed by atoms with Crippen molar-refractivity contribution in [1.29, 1.82) is 0 Å². The van der Waals surface area contributed by atoms with Gasteiger partial charge in [0.1, 0.15) is 0 Å². The van der Waals surface area contributed by atoms with Crippen LogP contribution in [-0.4, -0.2) is 18.4 Å². The van der Waals surface area contributed by atoms with Gasteiger partial charge in [0.05, 0.1) is 0 Å². The van der Waals surface area contributed by atoms with Crippen LogP contribution in [0, 0.1) is 13.3 Å². The van der Waals surface area contributed by atoms with E-state index in [4.69, 9.17) is 14.1 Å². The van der Waals surface area contributed by atoms with E-state index < -0.39 is 18.4 Å². The second-order valence-electron chi connectivity index (χ2n) is 2.14. The molecule has 102 valence electrons. The molecule has 1 aromatic carbocycles. The Labute approximate surface area is 116 Å². The van der Waals surface area contributed by atoms with Crippen LogP contribution in [0.5, 0.6) is 0 Å². The molecule has 0 atom stereocenters. The number of hydrogen-bond donors (Lipinski definition) is 0. The SMILES string of the molecule is O=[C-]C(F)(F)C(F)(F)F.[C-]#[O+].[C-]#[O+].[Fe+6].c1cc[cH-]c1. The van der Waals surface area contributed by atoms with E-state index in [9.17, 15) is 22.0 Å². The first-order valence-corrected chi connectivity index (χ1v) is 3.72. The van der Waals surface area contributed by atoms with Crippen molar-refractivity contribution < 1.29 is 53.1 Å². The van der Waals surface area contributed by atoms with Gasteiger partial charge in [-0.25, -0.2) is 20.9 Å². The third-order valence-corrected chi connectivity index (χ3v) is 1.04. The van der Waals surface area contributed by atoms with Gasteiger partial charge in [-0.3, -0.25) is 0 Å². The van der Waals surface area contributed by atoms with Crippen LogP contribution in [0.1, 0.15) is 0 Å². The van der Waals surface area contributed by atoms with E-state index in [1.807, 2.05) is 30.3 Å².